The Labute approximate surface area is 112 Å². The van der Waals surface area contributed by atoms with Crippen molar-refractivity contribution in [1.29, 1.82) is 0 Å². The van der Waals surface area contributed by atoms with E-state index in [4.69, 9.17) is 5.73 Å². The van der Waals surface area contributed by atoms with E-state index in [1.54, 1.807) is 11.4 Å². The molecule has 1 aliphatic carbocycles. The van der Waals surface area contributed by atoms with Gasteiger partial charge in [0.1, 0.15) is 10.4 Å². The lowest BCUT2D eigenvalue weighted by molar-refractivity contribution is -0.163. The summed E-state index contributed by atoms with van der Waals surface area (Å²) in [5.41, 5.74) is 3.58. The first kappa shape index (κ1) is 13.9. The van der Waals surface area contributed by atoms with Crippen molar-refractivity contribution in [2.24, 2.45) is 5.73 Å². The molecule has 1 aromatic rings. The van der Waals surface area contributed by atoms with Crippen LogP contribution in [0, 0.1) is 11.8 Å². The van der Waals surface area contributed by atoms with Crippen LogP contribution in [0.1, 0.15) is 28.1 Å². The molecular formula is C12H11F3N2OS. The lowest BCUT2D eigenvalue weighted by atomic mass is 10.2. The van der Waals surface area contributed by atoms with Crippen LogP contribution in [0.5, 0.6) is 0 Å². The van der Waals surface area contributed by atoms with Crippen molar-refractivity contribution in [3.8, 4) is 11.8 Å². The molecule has 0 unspecified atom stereocenters. The second kappa shape index (κ2) is 4.87. The molecule has 0 atom stereocenters. The van der Waals surface area contributed by atoms with Crippen LogP contribution in [-0.2, 0) is 0 Å². The maximum Gasteiger partial charge on any atom is 0.411 e. The van der Waals surface area contributed by atoms with E-state index in [0.717, 1.165) is 11.3 Å². The van der Waals surface area contributed by atoms with Gasteiger partial charge in [-0.15, -0.1) is 11.3 Å². The van der Waals surface area contributed by atoms with Crippen LogP contribution in [0.25, 0.3) is 0 Å². The van der Waals surface area contributed by atoms with Crippen molar-refractivity contribution in [3.63, 3.8) is 0 Å². The van der Waals surface area contributed by atoms with Gasteiger partial charge in [0, 0.05) is 5.56 Å². The Morgan fingerprint density at radius 1 is 1.53 bits per heavy atom. The van der Waals surface area contributed by atoms with Crippen LogP contribution in [0.3, 0.4) is 0 Å². The van der Waals surface area contributed by atoms with Gasteiger partial charge < -0.3 is 11.1 Å². The third-order valence-corrected chi connectivity index (χ3v) is 3.76. The van der Waals surface area contributed by atoms with E-state index in [9.17, 15) is 18.0 Å². The van der Waals surface area contributed by atoms with Crippen molar-refractivity contribution >= 4 is 17.2 Å². The molecule has 0 aliphatic heterocycles. The standard InChI is InChI=1S/C12H11F3N2OS/c13-12(14,15)11(4-5-11)17-10(18)9-8(2-1-6-16)3-7-19-9/h3,7H,4-6,16H2,(H,17,18). The maximum atomic E-state index is 12.7. The van der Waals surface area contributed by atoms with Crippen molar-refractivity contribution in [1.82, 2.24) is 5.32 Å². The minimum atomic E-state index is -4.41. The number of alkyl halides is 3. The highest BCUT2D eigenvalue weighted by molar-refractivity contribution is 7.12. The molecule has 1 amide bonds. The highest BCUT2D eigenvalue weighted by Gasteiger charge is 2.64. The topological polar surface area (TPSA) is 55.1 Å². The largest absolute Gasteiger partial charge is 0.411 e. The summed E-state index contributed by atoms with van der Waals surface area (Å²) >= 11 is 1.06. The van der Waals surface area contributed by atoms with Gasteiger partial charge in [-0.2, -0.15) is 13.2 Å². The number of halogens is 3. The van der Waals surface area contributed by atoms with E-state index in [0.29, 0.717) is 5.56 Å². The van der Waals surface area contributed by atoms with E-state index in [-0.39, 0.29) is 24.3 Å². The van der Waals surface area contributed by atoms with Crippen molar-refractivity contribution in [2.75, 3.05) is 6.54 Å². The van der Waals surface area contributed by atoms with Crippen LogP contribution >= 0.6 is 11.3 Å². The lowest BCUT2D eigenvalue weighted by Crippen LogP contribution is -2.47. The van der Waals surface area contributed by atoms with E-state index < -0.39 is 17.6 Å². The Morgan fingerprint density at radius 2 is 2.21 bits per heavy atom. The monoisotopic (exact) mass is 288 g/mol. The number of carbonyl (C=O) groups excluding carboxylic acids is 1. The number of thiophene rings is 1. The molecule has 0 bridgehead atoms. The number of hydrogen-bond donors (Lipinski definition) is 2. The first-order valence-electron chi connectivity index (χ1n) is 5.55. The summed E-state index contributed by atoms with van der Waals surface area (Å²) in [4.78, 5) is 12.1. The molecule has 1 fully saturated rings. The molecule has 2 rings (SSSR count). The minimum Gasteiger partial charge on any atom is -0.337 e. The molecule has 0 radical (unpaired) electrons. The number of amides is 1. The molecule has 1 saturated carbocycles. The molecule has 1 heterocycles. The molecule has 0 saturated heterocycles. The summed E-state index contributed by atoms with van der Waals surface area (Å²) in [7, 11) is 0. The third kappa shape index (κ3) is 2.74. The van der Waals surface area contributed by atoms with Gasteiger partial charge in [0.25, 0.3) is 5.91 Å². The molecule has 0 aromatic carbocycles. The summed E-state index contributed by atoms with van der Waals surface area (Å²) in [6.07, 6.45) is -4.56. The molecule has 1 aromatic heterocycles. The molecule has 1 aliphatic rings. The van der Waals surface area contributed by atoms with Crippen LogP contribution in [0.2, 0.25) is 0 Å². The molecular weight excluding hydrogens is 277 g/mol. The fraction of sp³-hybridized carbons (Fsp3) is 0.417. The molecule has 0 spiro atoms. The lowest BCUT2D eigenvalue weighted by Gasteiger charge is -2.20. The van der Waals surface area contributed by atoms with Gasteiger partial charge in [-0.25, -0.2) is 0 Å². The quantitative estimate of drug-likeness (QED) is 0.816. The summed E-state index contributed by atoms with van der Waals surface area (Å²) < 4.78 is 38.2. The highest BCUT2D eigenvalue weighted by Crippen LogP contribution is 2.49. The second-order valence-electron chi connectivity index (χ2n) is 4.20. The van der Waals surface area contributed by atoms with Crippen molar-refractivity contribution in [2.45, 2.75) is 24.6 Å². The average molecular weight is 288 g/mol. The molecule has 102 valence electrons. The van der Waals surface area contributed by atoms with Gasteiger partial charge in [0.15, 0.2) is 0 Å². The molecule has 3 nitrogen and oxygen atoms in total. The van der Waals surface area contributed by atoms with Crippen LogP contribution in [0.15, 0.2) is 11.4 Å². The Hall–Kier alpha value is -1.52. The number of hydrogen-bond acceptors (Lipinski definition) is 3. The van der Waals surface area contributed by atoms with Gasteiger partial charge in [0.05, 0.1) is 6.54 Å². The zero-order valence-electron chi connectivity index (χ0n) is 9.80. The SMILES string of the molecule is NCC#Cc1ccsc1C(=O)NC1(C(F)(F)F)CC1. The van der Waals surface area contributed by atoms with Crippen LogP contribution in [-0.4, -0.2) is 24.2 Å². The summed E-state index contributed by atoms with van der Waals surface area (Å²) in [5, 5.41) is 3.69. The zero-order valence-corrected chi connectivity index (χ0v) is 10.6. The predicted molar refractivity (Wildman–Crippen MR) is 65.7 cm³/mol. The first-order valence-corrected chi connectivity index (χ1v) is 6.43. The number of nitrogens with one attached hydrogen (secondary N) is 1. The zero-order chi connectivity index (χ0) is 14.1. The van der Waals surface area contributed by atoms with Crippen molar-refractivity contribution in [3.05, 3.63) is 21.9 Å². The second-order valence-corrected chi connectivity index (χ2v) is 5.12. The molecule has 3 N–H and O–H groups in total. The summed E-state index contributed by atoms with van der Waals surface area (Å²) in [6, 6.07) is 1.59. The summed E-state index contributed by atoms with van der Waals surface area (Å²) in [6.45, 7) is 0.128. The molecule has 19 heavy (non-hydrogen) atoms. The summed E-state index contributed by atoms with van der Waals surface area (Å²) in [5.74, 6) is 4.52. The normalized spacial score (nSPS) is 16.4. The Bertz CT molecular complexity index is 549. The van der Waals surface area contributed by atoms with Crippen LogP contribution in [0.4, 0.5) is 13.2 Å². The van der Waals surface area contributed by atoms with E-state index in [2.05, 4.69) is 17.2 Å². The number of nitrogens with two attached hydrogens (primary N) is 1. The maximum absolute atomic E-state index is 12.7. The minimum absolute atomic E-state index is 0.0720. The third-order valence-electron chi connectivity index (χ3n) is 2.84. The van der Waals surface area contributed by atoms with Gasteiger partial charge in [0.2, 0.25) is 0 Å². The number of carbonyl (C=O) groups is 1. The van der Waals surface area contributed by atoms with Gasteiger partial charge >= 0.3 is 6.18 Å². The van der Waals surface area contributed by atoms with E-state index >= 15 is 0 Å². The fourth-order valence-electron chi connectivity index (χ4n) is 1.61. The smallest absolute Gasteiger partial charge is 0.337 e. The predicted octanol–water partition coefficient (Wildman–Crippen LogP) is 1.88. The first-order chi connectivity index (χ1) is 8.89. The van der Waals surface area contributed by atoms with Gasteiger partial charge in [-0.1, -0.05) is 11.8 Å². The Kier molecular flexibility index (Phi) is 3.56. The Morgan fingerprint density at radius 3 is 2.74 bits per heavy atom. The highest BCUT2D eigenvalue weighted by atomic mass is 32.1. The number of rotatable bonds is 2. The Balaban J connectivity index is 2.16. The van der Waals surface area contributed by atoms with E-state index in [1.165, 1.54) is 0 Å². The average Bonchev–Trinajstić information content (AvgIpc) is 2.97. The fourth-order valence-corrected chi connectivity index (χ4v) is 2.35. The van der Waals surface area contributed by atoms with E-state index in [1.807, 2.05) is 0 Å². The molecule has 7 heteroatoms. The van der Waals surface area contributed by atoms with Crippen LogP contribution < -0.4 is 11.1 Å². The van der Waals surface area contributed by atoms with Gasteiger partial charge in [-0.05, 0) is 24.3 Å². The van der Waals surface area contributed by atoms with Crippen molar-refractivity contribution < 1.29 is 18.0 Å². The van der Waals surface area contributed by atoms with Gasteiger partial charge in [-0.3, -0.25) is 4.79 Å².